The fourth-order valence-corrected chi connectivity index (χ4v) is 4.54. The van der Waals surface area contributed by atoms with Crippen molar-refractivity contribution in [2.24, 2.45) is 5.92 Å². The first kappa shape index (κ1) is 23.0. The smallest absolute Gasteiger partial charge is 0.316 e. The van der Waals surface area contributed by atoms with E-state index >= 15 is 0 Å². The Balaban J connectivity index is 1.18. The van der Waals surface area contributed by atoms with Crippen molar-refractivity contribution in [1.29, 1.82) is 0 Å². The third kappa shape index (κ3) is 5.03. The lowest BCUT2D eigenvalue weighted by Gasteiger charge is -2.34. The maximum Gasteiger partial charge on any atom is 0.316 e. The Bertz CT molecular complexity index is 1180. The van der Waals surface area contributed by atoms with Gasteiger partial charge in [0.25, 0.3) is 5.91 Å². The summed E-state index contributed by atoms with van der Waals surface area (Å²) in [7, 11) is 0. The number of piperidine rings is 1. The highest BCUT2D eigenvalue weighted by Crippen LogP contribution is 2.25. The van der Waals surface area contributed by atoms with Crippen LogP contribution >= 0.6 is 0 Å². The minimum absolute atomic E-state index is 0.0626. The Morgan fingerprint density at radius 2 is 1.46 bits per heavy atom. The van der Waals surface area contributed by atoms with Gasteiger partial charge in [-0.1, -0.05) is 12.1 Å². The van der Waals surface area contributed by atoms with Crippen LogP contribution in [-0.4, -0.2) is 71.0 Å². The number of carbonyl (C=O) groups excluding carboxylic acids is 2. The molecule has 9 heteroatoms. The fraction of sp³-hybridized carbons (Fsp3) is 0.385. The summed E-state index contributed by atoms with van der Waals surface area (Å²) in [6.07, 6.45) is 2.40. The van der Waals surface area contributed by atoms with Crippen molar-refractivity contribution in [3.63, 3.8) is 0 Å². The number of nitrogens with zero attached hydrogens (tertiary/aromatic N) is 5. The predicted molar refractivity (Wildman–Crippen MR) is 129 cm³/mol. The highest BCUT2D eigenvalue weighted by Gasteiger charge is 2.28. The number of hydrogen-bond acceptors (Lipinski definition) is 6. The second kappa shape index (κ2) is 9.85. The van der Waals surface area contributed by atoms with Gasteiger partial charge < -0.3 is 19.2 Å². The van der Waals surface area contributed by atoms with E-state index in [1.165, 1.54) is 42.8 Å². The molecule has 2 fully saturated rings. The van der Waals surface area contributed by atoms with Crippen LogP contribution in [0.5, 0.6) is 0 Å². The van der Waals surface area contributed by atoms with Gasteiger partial charge in [0, 0.05) is 56.1 Å². The molecular formula is C26H28FN5O3. The van der Waals surface area contributed by atoms with E-state index in [9.17, 15) is 14.0 Å². The van der Waals surface area contributed by atoms with Crippen LogP contribution < -0.4 is 4.90 Å². The summed E-state index contributed by atoms with van der Waals surface area (Å²) in [4.78, 5) is 35.5. The lowest BCUT2D eigenvalue weighted by molar-refractivity contribution is 0.0508. The first-order valence-electron chi connectivity index (χ1n) is 12.0. The van der Waals surface area contributed by atoms with E-state index in [-0.39, 0.29) is 23.5 Å². The van der Waals surface area contributed by atoms with Crippen LogP contribution in [0.3, 0.4) is 0 Å². The summed E-state index contributed by atoms with van der Waals surface area (Å²) >= 11 is 0. The number of anilines is 1. The Labute approximate surface area is 203 Å². The zero-order valence-electron chi connectivity index (χ0n) is 19.7. The van der Waals surface area contributed by atoms with Gasteiger partial charge in [0.1, 0.15) is 5.82 Å². The molecular weight excluding hydrogens is 449 g/mol. The van der Waals surface area contributed by atoms with E-state index in [1.54, 1.807) is 9.80 Å². The van der Waals surface area contributed by atoms with E-state index in [0.29, 0.717) is 37.6 Å². The molecule has 2 aromatic carbocycles. The first-order chi connectivity index (χ1) is 17.0. The van der Waals surface area contributed by atoms with Crippen LogP contribution in [0.2, 0.25) is 0 Å². The molecule has 0 radical (unpaired) electrons. The van der Waals surface area contributed by atoms with Crippen molar-refractivity contribution < 1.29 is 18.5 Å². The Hall–Kier alpha value is -3.75. The third-order valence-electron chi connectivity index (χ3n) is 6.83. The molecule has 0 spiro atoms. The molecule has 3 heterocycles. The topological polar surface area (TPSA) is 82.8 Å². The summed E-state index contributed by atoms with van der Waals surface area (Å²) in [5.41, 5.74) is 2.39. The highest BCUT2D eigenvalue weighted by atomic mass is 19.1. The summed E-state index contributed by atoms with van der Waals surface area (Å²) in [5.74, 6) is 0.170. The fourth-order valence-electron chi connectivity index (χ4n) is 4.54. The lowest BCUT2D eigenvalue weighted by atomic mass is 9.98. The Morgan fingerprint density at radius 1 is 0.857 bits per heavy atom. The summed E-state index contributed by atoms with van der Waals surface area (Å²) in [6.45, 7) is 5.87. The molecule has 0 unspecified atom stereocenters. The van der Waals surface area contributed by atoms with E-state index in [1.807, 2.05) is 12.1 Å². The van der Waals surface area contributed by atoms with E-state index in [0.717, 1.165) is 24.6 Å². The molecule has 2 amide bonds. The van der Waals surface area contributed by atoms with Crippen LogP contribution in [0.15, 0.2) is 53.1 Å². The van der Waals surface area contributed by atoms with Crippen LogP contribution in [-0.2, 0) is 0 Å². The molecule has 2 aliphatic heterocycles. The van der Waals surface area contributed by atoms with E-state index in [4.69, 9.17) is 4.52 Å². The number of piperazine rings is 1. The van der Waals surface area contributed by atoms with Crippen LogP contribution in [0, 0.1) is 11.7 Å². The van der Waals surface area contributed by atoms with Gasteiger partial charge in [-0.15, -0.1) is 0 Å². The summed E-state index contributed by atoms with van der Waals surface area (Å²) < 4.78 is 18.4. The average Bonchev–Trinajstić information content (AvgIpc) is 3.39. The van der Waals surface area contributed by atoms with Gasteiger partial charge in [-0.05, 0) is 67.3 Å². The number of halogens is 1. The zero-order chi connectivity index (χ0) is 24.4. The third-order valence-corrected chi connectivity index (χ3v) is 6.83. The molecule has 8 nitrogen and oxygen atoms in total. The molecule has 182 valence electrons. The van der Waals surface area contributed by atoms with Gasteiger partial charge in [-0.2, -0.15) is 4.98 Å². The number of amides is 2. The van der Waals surface area contributed by atoms with Gasteiger partial charge >= 0.3 is 11.8 Å². The molecule has 0 atom stereocenters. The Morgan fingerprint density at radius 3 is 2.09 bits per heavy atom. The molecule has 2 saturated heterocycles. The molecule has 3 aromatic rings. The maximum absolute atomic E-state index is 13.1. The van der Waals surface area contributed by atoms with E-state index < -0.39 is 0 Å². The van der Waals surface area contributed by atoms with Gasteiger partial charge in [-0.3, -0.25) is 9.59 Å². The van der Waals surface area contributed by atoms with Crippen LogP contribution in [0.1, 0.15) is 40.8 Å². The molecule has 2 aliphatic rings. The number of benzene rings is 2. The van der Waals surface area contributed by atoms with Crippen LogP contribution in [0.4, 0.5) is 10.1 Å². The van der Waals surface area contributed by atoms with Crippen molar-refractivity contribution in [3.8, 4) is 11.4 Å². The van der Waals surface area contributed by atoms with Crippen LogP contribution in [0.25, 0.3) is 11.4 Å². The van der Waals surface area contributed by atoms with Gasteiger partial charge in [0.05, 0.1) is 0 Å². The molecule has 35 heavy (non-hydrogen) atoms. The van der Waals surface area contributed by atoms with E-state index in [2.05, 4.69) is 34.1 Å². The number of rotatable bonds is 4. The monoisotopic (exact) mass is 477 g/mol. The van der Waals surface area contributed by atoms with Crippen molar-refractivity contribution >= 4 is 17.5 Å². The highest BCUT2D eigenvalue weighted by molar-refractivity contribution is 5.94. The average molecular weight is 478 g/mol. The number of hydrogen-bond donors (Lipinski definition) is 0. The minimum Gasteiger partial charge on any atom is -0.372 e. The van der Waals surface area contributed by atoms with Gasteiger partial charge in [-0.25, -0.2) is 4.39 Å². The largest absolute Gasteiger partial charge is 0.372 e. The molecule has 0 saturated carbocycles. The van der Waals surface area contributed by atoms with Gasteiger partial charge in [0.15, 0.2) is 0 Å². The molecule has 0 bridgehead atoms. The first-order valence-corrected chi connectivity index (χ1v) is 12.0. The second-order valence-electron chi connectivity index (χ2n) is 9.23. The SMILES string of the molecule is CC1CCN(c2ccc(-c3noc(C(=O)N4CCN(C(=O)c5ccc(F)cc5)CC4)n3)cc2)CC1. The standard InChI is InChI=1S/C26H28FN5O3/c1-18-10-12-30(13-11-18)22-8-4-19(5-9-22)23-28-24(35-29-23)26(34)32-16-14-31(15-17-32)25(33)20-2-6-21(27)7-3-20/h2-9,18H,10-17H2,1H3. The quantitative estimate of drug-likeness (QED) is 0.570. The van der Waals surface area contributed by atoms with Crippen molar-refractivity contribution in [3.05, 3.63) is 65.8 Å². The van der Waals surface area contributed by atoms with Gasteiger partial charge in [0.2, 0.25) is 5.82 Å². The predicted octanol–water partition coefficient (Wildman–Crippen LogP) is 3.71. The number of aromatic nitrogens is 2. The minimum atomic E-state index is -0.386. The maximum atomic E-state index is 13.1. The van der Waals surface area contributed by atoms with Crippen molar-refractivity contribution in [2.45, 2.75) is 19.8 Å². The molecule has 0 N–H and O–H groups in total. The Kier molecular flexibility index (Phi) is 6.48. The molecule has 1 aromatic heterocycles. The molecule has 0 aliphatic carbocycles. The lowest BCUT2D eigenvalue weighted by Crippen LogP contribution is -2.50. The molecule has 5 rings (SSSR count). The second-order valence-corrected chi connectivity index (χ2v) is 9.23. The normalized spacial score (nSPS) is 17.0. The van der Waals surface area contributed by atoms with Crippen molar-refractivity contribution in [1.82, 2.24) is 19.9 Å². The van der Waals surface area contributed by atoms with Crippen molar-refractivity contribution in [2.75, 3.05) is 44.2 Å². The summed E-state index contributed by atoms with van der Waals surface area (Å²) in [5, 5.41) is 4.00. The zero-order valence-corrected chi connectivity index (χ0v) is 19.7. The summed E-state index contributed by atoms with van der Waals surface area (Å²) in [6, 6.07) is 13.5. The number of carbonyl (C=O) groups is 2.